The van der Waals surface area contributed by atoms with Crippen LogP contribution in [-0.2, 0) is 10.0 Å². The Balaban J connectivity index is 2.48. The lowest BCUT2D eigenvalue weighted by Crippen LogP contribution is -2.32. The summed E-state index contributed by atoms with van der Waals surface area (Å²) in [5.41, 5.74) is 0.398. The van der Waals surface area contributed by atoms with Crippen LogP contribution in [0.15, 0.2) is 59.5 Å². The summed E-state index contributed by atoms with van der Waals surface area (Å²) in [6, 6.07) is 14.0. The van der Waals surface area contributed by atoms with E-state index in [4.69, 9.17) is 0 Å². The van der Waals surface area contributed by atoms with Gasteiger partial charge in [-0.25, -0.2) is 8.42 Å². The van der Waals surface area contributed by atoms with Crippen molar-refractivity contribution in [1.82, 2.24) is 0 Å². The van der Waals surface area contributed by atoms with E-state index < -0.39 is 16.0 Å². The van der Waals surface area contributed by atoms with Gasteiger partial charge >= 0.3 is 0 Å². The fraction of sp³-hybridized carbons (Fsp3) is 0.235. The highest BCUT2D eigenvalue weighted by molar-refractivity contribution is 7.92. The second-order valence-electron chi connectivity index (χ2n) is 5.08. The number of rotatable bonds is 7. The van der Waals surface area contributed by atoms with Crippen LogP contribution in [0.4, 0.5) is 5.69 Å². The largest absolute Gasteiger partial charge is 0.545 e. The van der Waals surface area contributed by atoms with Crippen LogP contribution in [0, 0.1) is 0 Å². The molecule has 0 heterocycles. The molecule has 0 N–H and O–H groups in total. The first-order chi connectivity index (χ1) is 11.0. The SMILES string of the molecule is CCCCN(c1ccccc1)S(=O)(=O)c1cccc(C(=O)[O-])c1. The Kier molecular flexibility index (Phi) is 5.39. The molecule has 5 nitrogen and oxygen atoms in total. The molecule has 0 aliphatic carbocycles. The third-order valence-electron chi connectivity index (χ3n) is 3.42. The molecule has 0 saturated carbocycles. The van der Waals surface area contributed by atoms with E-state index in [9.17, 15) is 18.3 Å². The molecular weight excluding hydrogens is 314 g/mol. The number of unbranched alkanes of at least 4 members (excludes halogenated alkanes) is 1. The van der Waals surface area contributed by atoms with Crippen LogP contribution < -0.4 is 9.41 Å². The highest BCUT2D eigenvalue weighted by Gasteiger charge is 2.24. The van der Waals surface area contributed by atoms with Crippen molar-refractivity contribution >= 4 is 21.7 Å². The van der Waals surface area contributed by atoms with Gasteiger partial charge in [0.2, 0.25) is 0 Å². The van der Waals surface area contributed by atoms with Gasteiger partial charge in [-0.3, -0.25) is 4.31 Å². The molecule has 0 bridgehead atoms. The average Bonchev–Trinajstić information content (AvgIpc) is 2.56. The maximum absolute atomic E-state index is 12.9. The van der Waals surface area contributed by atoms with Crippen LogP contribution in [0.2, 0.25) is 0 Å². The zero-order valence-corrected chi connectivity index (χ0v) is 13.6. The van der Waals surface area contributed by atoms with Gasteiger partial charge in [-0.2, -0.15) is 0 Å². The Morgan fingerprint density at radius 3 is 2.39 bits per heavy atom. The third-order valence-corrected chi connectivity index (χ3v) is 5.24. The van der Waals surface area contributed by atoms with Gasteiger partial charge in [-0.1, -0.05) is 43.7 Å². The number of sulfonamides is 1. The fourth-order valence-electron chi connectivity index (χ4n) is 2.19. The topological polar surface area (TPSA) is 77.5 Å². The Hall–Kier alpha value is -2.34. The number of carbonyl (C=O) groups is 1. The number of carbonyl (C=O) groups excluding carboxylic acids is 1. The van der Waals surface area contributed by atoms with E-state index in [0.717, 1.165) is 12.5 Å². The minimum absolute atomic E-state index is 0.0563. The quantitative estimate of drug-likeness (QED) is 0.777. The van der Waals surface area contributed by atoms with Gasteiger partial charge in [0.15, 0.2) is 0 Å². The molecule has 2 aromatic rings. The Labute approximate surface area is 136 Å². The Bertz CT molecular complexity index is 772. The van der Waals surface area contributed by atoms with Crippen LogP contribution in [0.1, 0.15) is 30.1 Å². The molecule has 122 valence electrons. The van der Waals surface area contributed by atoms with Gasteiger partial charge in [-0.05, 0) is 36.2 Å². The van der Waals surface area contributed by atoms with Gasteiger partial charge in [-0.15, -0.1) is 0 Å². The van der Waals surface area contributed by atoms with Crippen molar-refractivity contribution in [3.63, 3.8) is 0 Å². The number of carboxylic acids is 1. The number of carboxylic acid groups (broad SMARTS) is 1. The summed E-state index contributed by atoms with van der Waals surface area (Å²) in [4.78, 5) is 10.9. The predicted octanol–water partition coefficient (Wildman–Crippen LogP) is 2.05. The predicted molar refractivity (Wildman–Crippen MR) is 86.7 cm³/mol. The maximum atomic E-state index is 12.9. The summed E-state index contributed by atoms with van der Waals surface area (Å²) < 4.78 is 27.2. The molecule has 0 spiro atoms. The number of hydrogen-bond donors (Lipinski definition) is 0. The first-order valence-electron chi connectivity index (χ1n) is 7.36. The molecule has 2 aromatic carbocycles. The number of nitrogens with zero attached hydrogens (tertiary/aromatic N) is 1. The zero-order chi connectivity index (χ0) is 16.9. The monoisotopic (exact) mass is 332 g/mol. The van der Waals surface area contributed by atoms with Crippen molar-refractivity contribution < 1.29 is 18.3 Å². The summed E-state index contributed by atoms with van der Waals surface area (Å²) >= 11 is 0. The highest BCUT2D eigenvalue weighted by atomic mass is 32.2. The van der Waals surface area contributed by atoms with Crippen LogP contribution in [0.25, 0.3) is 0 Å². The molecule has 2 rings (SSSR count). The van der Waals surface area contributed by atoms with Gasteiger partial charge in [0, 0.05) is 6.54 Å². The molecule has 0 aliphatic rings. The molecule has 0 radical (unpaired) electrons. The van der Waals surface area contributed by atoms with Gasteiger partial charge in [0.1, 0.15) is 0 Å². The van der Waals surface area contributed by atoms with E-state index in [1.54, 1.807) is 24.3 Å². The minimum Gasteiger partial charge on any atom is -0.545 e. The van der Waals surface area contributed by atoms with Crippen molar-refractivity contribution in [2.75, 3.05) is 10.8 Å². The molecule has 23 heavy (non-hydrogen) atoms. The molecule has 6 heteroatoms. The fourth-order valence-corrected chi connectivity index (χ4v) is 3.74. The van der Waals surface area contributed by atoms with Crippen molar-refractivity contribution in [2.24, 2.45) is 0 Å². The van der Waals surface area contributed by atoms with E-state index in [2.05, 4.69) is 0 Å². The lowest BCUT2D eigenvalue weighted by Gasteiger charge is -2.24. The van der Waals surface area contributed by atoms with Crippen molar-refractivity contribution in [2.45, 2.75) is 24.7 Å². The van der Waals surface area contributed by atoms with E-state index in [1.807, 2.05) is 13.0 Å². The molecule has 0 unspecified atom stereocenters. The number of benzene rings is 2. The smallest absolute Gasteiger partial charge is 0.264 e. The van der Waals surface area contributed by atoms with Crippen LogP contribution >= 0.6 is 0 Å². The van der Waals surface area contributed by atoms with Crippen LogP contribution in [-0.4, -0.2) is 20.9 Å². The summed E-state index contributed by atoms with van der Waals surface area (Å²) in [5, 5.41) is 11.0. The first-order valence-corrected chi connectivity index (χ1v) is 8.80. The lowest BCUT2D eigenvalue weighted by atomic mass is 10.2. The summed E-state index contributed by atoms with van der Waals surface area (Å²) in [7, 11) is -3.84. The van der Waals surface area contributed by atoms with Crippen LogP contribution in [0.3, 0.4) is 0 Å². The summed E-state index contributed by atoms with van der Waals surface area (Å²) in [6.45, 7) is 2.31. The molecule has 0 saturated heterocycles. The lowest BCUT2D eigenvalue weighted by molar-refractivity contribution is -0.255. The number of anilines is 1. The van der Waals surface area contributed by atoms with E-state index in [1.165, 1.54) is 22.5 Å². The minimum atomic E-state index is -3.84. The van der Waals surface area contributed by atoms with Gasteiger partial charge in [0.05, 0.1) is 16.6 Å². The summed E-state index contributed by atoms with van der Waals surface area (Å²) in [5.74, 6) is -1.40. The summed E-state index contributed by atoms with van der Waals surface area (Å²) in [6.07, 6.45) is 1.55. The molecule has 0 amide bonds. The molecular formula is C17H18NO4S-. The normalized spacial score (nSPS) is 11.2. The van der Waals surface area contributed by atoms with E-state index in [0.29, 0.717) is 18.7 Å². The van der Waals surface area contributed by atoms with Crippen molar-refractivity contribution in [1.29, 1.82) is 0 Å². The molecule has 0 aliphatic heterocycles. The number of aromatic carboxylic acids is 1. The second kappa shape index (κ2) is 7.28. The number of hydrogen-bond acceptors (Lipinski definition) is 4. The molecule has 0 atom stereocenters. The van der Waals surface area contributed by atoms with E-state index >= 15 is 0 Å². The van der Waals surface area contributed by atoms with Crippen molar-refractivity contribution in [3.05, 3.63) is 60.2 Å². The average molecular weight is 332 g/mol. The Morgan fingerprint density at radius 2 is 1.78 bits per heavy atom. The Morgan fingerprint density at radius 1 is 1.09 bits per heavy atom. The van der Waals surface area contributed by atoms with Gasteiger partial charge < -0.3 is 9.90 Å². The molecule has 0 fully saturated rings. The highest BCUT2D eigenvalue weighted by Crippen LogP contribution is 2.24. The van der Waals surface area contributed by atoms with E-state index in [-0.39, 0.29) is 10.5 Å². The number of para-hydroxylation sites is 1. The van der Waals surface area contributed by atoms with Gasteiger partial charge in [0.25, 0.3) is 10.0 Å². The molecule has 0 aromatic heterocycles. The van der Waals surface area contributed by atoms with Crippen molar-refractivity contribution in [3.8, 4) is 0 Å². The first kappa shape index (κ1) is 17.0. The zero-order valence-electron chi connectivity index (χ0n) is 12.8. The standard InChI is InChI=1S/C17H19NO4S/c1-2-3-12-18(15-9-5-4-6-10-15)23(21,22)16-11-7-8-14(13-16)17(19)20/h4-11,13H,2-3,12H2,1H3,(H,19,20)/p-1. The van der Waals surface area contributed by atoms with Crippen LogP contribution in [0.5, 0.6) is 0 Å². The second-order valence-corrected chi connectivity index (χ2v) is 6.94. The third kappa shape index (κ3) is 3.90. The maximum Gasteiger partial charge on any atom is 0.264 e.